The maximum Gasteiger partial charge on any atom is 0.335 e. The third-order valence-corrected chi connectivity index (χ3v) is 20.0. The van der Waals surface area contributed by atoms with Gasteiger partial charge in [-0.15, -0.1) is 23.5 Å². The molecule has 4 atom stereocenters. The molecule has 0 aliphatic carbocycles. The summed E-state index contributed by atoms with van der Waals surface area (Å²) in [5, 5.41) is 23.5. The van der Waals surface area contributed by atoms with E-state index in [-0.39, 0.29) is 138 Å². The summed E-state index contributed by atoms with van der Waals surface area (Å²) in [5.41, 5.74) is 1.53. The van der Waals surface area contributed by atoms with Crippen LogP contribution in [-0.2, 0) is 102 Å². The monoisotopic (exact) mass is 1570 g/mol. The highest BCUT2D eigenvalue weighted by Gasteiger charge is 2.43. The molecule has 0 bridgehead atoms. The largest absolute Gasteiger partial charge is 0.458 e. The summed E-state index contributed by atoms with van der Waals surface area (Å²) in [7, 11) is 0. The van der Waals surface area contributed by atoms with E-state index in [1.54, 1.807) is 150 Å². The second-order valence-electron chi connectivity index (χ2n) is 29.4. The summed E-state index contributed by atoms with van der Waals surface area (Å²) in [6.45, 7) is 22.6. The first kappa shape index (κ1) is 87.0. The van der Waals surface area contributed by atoms with Crippen LogP contribution in [0, 0.1) is 0 Å². The summed E-state index contributed by atoms with van der Waals surface area (Å²) in [6, 6.07) is 17.8. The number of carbonyl (C=O) groups is 8. The van der Waals surface area contributed by atoms with Crippen LogP contribution in [0.2, 0.25) is 0 Å². The smallest absolute Gasteiger partial charge is 0.335 e. The number of thioether (sulfide) groups is 2. The van der Waals surface area contributed by atoms with Gasteiger partial charge in [-0.1, -0.05) is 24.3 Å². The zero-order valence-electron chi connectivity index (χ0n) is 64.6. The number of carbonyl (C=O) groups excluding carboxylic acids is 8. The van der Waals surface area contributed by atoms with E-state index in [0.717, 1.165) is 11.1 Å². The van der Waals surface area contributed by atoms with E-state index in [1.807, 2.05) is 27.7 Å². The van der Waals surface area contributed by atoms with Gasteiger partial charge in [0.2, 0.25) is 35.4 Å². The van der Waals surface area contributed by atoms with Gasteiger partial charge in [-0.3, -0.25) is 48.5 Å². The van der Waals surface area contributed by atoms with Crippen molar-refractivity contribution >= 4 is 93.2 Å². The van der Waals surface area contributed by atoms with Crippen LogP contribution < -0.4 is 53.9 Å². The second kappa shape index (κ2) is 42.2. The molecule has 6 amide bonds. The number of imidazole rings is 2. The highest BCUT2D eigenvalue weighted by atomic mass is 32.2. The van der Waals surface area contributed by atoms with Crippen molar-refractivity contribution in [2.75, 3.05) is 117 Å². The lowest BCUT2D eigenvalue weighted by atomic mass is 10.0. The minimum absolute atomic E-state index is 0.143. The Balaban J connectivity index is 0.591. The molecule has 2 aliphatic heterocycles. The third-order valence-electron chi connectivity index (χ3n) is 17.4. The molecule has 602 valence electrons. The van der Waals surface area contributed by atoms with E-state index in [1.165, 1.54) is 18.3 Å². The van der Waals surface area contributed by atoms with Crippen LogP contribution in [0.3, 0.4) is 0 Å². The van der Waals surface area contributed by atoms with E-state index in [4.69, 9.17) is 37.9 Å². The topological polar surface area (TPSA) is 386 Å². The Hall–Kier alpha value is -8.58. The zero-order chi connectivity index (χ0) is 79.4. The molecule has 6 aromatic rings. The highest BCUT2D eigenvalue weighted by Crippen LogP contribution is 2.34. The minimum atomic E-state index is -0.968. The van der Waals surface area contributed by atoms with Crippen molar-refractivity contribution in [3.8, 4) is 11.4 Å². The zero-order valence-corrected chi connectivity index (χ0v) is 66.3. The molecule has 0 spiro atoms. The van der Waals surface area contributed by atoms with Gasteiger partial charge < -0.3 is 69.8 Å². The highest BCUT2D eigenvalue weighted by molar-refractivity contribution is 8.01. The van der Waals surface area contributed by atoms with Gasteiger partial charge in [-0.25, -0.2) is 38.3 Å². The Kier molecular flexibility index (Phi) is 33.4. The van der Waals surface area contributed by atoms with E-state index in [2.05, 4.69) is 52.5 Å². The van der Waals surface area contributed by atoms with Crippen LogP contribution >= 0.6 is 23.5 Å². The molecule has 34 heteroatoms. The first-order valence-corrected chi connectivity index (χ1v) is 39.1. The van der Waals surface area contributed by atoms with Crippen molar-refractivity contribution in [3.63, 3.8) is 0 Å². The van der Waals surface area contributed by atoms with Crippen LogP contribution in [0.4, 0.5) is 0 Å². The van der Waals surface area contributed by atoms with Gasteiger partial charge in [0.25, 0.3) is 0 Å². The maximum atomic E-state index is 13.9. The van der Waals surface area contributed by atoms with Gasteiger partial charge in [0, 0.05) is 98.7 Å². The second-order valence-corrected chi connectivity index (χ2v) is 32.6. The number of esters is 2. The standard InChI is InChI=1S/C76H108N14O18S2/c1-73(2,3)107-69(97)55(85-67(95)63-75(7,8)109-49-83-63)45-51-17-21-53(22-18-51)89-65-57(15-11-27-81-65)87(71(89)99)47-61(93)79-31-37-105-43-41-103-35-25-59(91)77-29-13-33-101-39-40-102-34-14-30-78-60(92)26-36-104-42-44-106-38-32-80-62(94)48-88-58-16-12-28-82-66(58)90(72(88)100)54-23-19-52(20-24-54)46-56(70(98)108-74(4,5)6)86-68(96)64-76(9,10)110-50-84-64/h11-12,15-24,27-28,55-56,63-64,83-84H,13-14,25-26,29-50H2,1-10H3,(H,77,91)(H,78,92)(H,79,93)(H,80,94)(H,85,95)(H,86,96)/t55-,56-,63+,64+/m0/s1. The fourth-order valence-corrected chi connectivity index (χ4v) is 13.9. The summed E-state index contributed by atoms with van der Waals surface area (Å²) in [5.74, 6) is -1.62. The van der Waals surface area contributed by atoms with Crippen LogP contribution in [-0.4, -0.2) is 238 Å². The molecular weight excluding hydrogens is 1460 g/mol. The number of ether oxygens (including phenoxy) is 8. The van der Waals surface area contributed by atoms with Gasteiger partial charge in [0.15, 0.2) is 11.3 Å². The van der Waals surface area contributed by atoms with Gasteiger partial charge in [-0.05, 0) is 142 Å². The lowest BCUT2D eigenvalue weighted by Crippen LogP contribution is -2.55. The van der Waals surface area contributed by atoms with Crippen molar-refractivity contribution in [2.24, 2.45) is 0 Å². The molecule has 0 unspecified atom stereocenters. The van der Waals surface area contributed by atoms with E-state index in [9.17, 15) is 47.9 Å². The van der Waals surface area contributed by atoms with Gasteiger partial charge in [0.05, 0.1) is 88.5 Å². The molecular formula is C76H108N14O18S2. The normalized spacial score (nSPS) is 15.9. The molecule has 110 heavy (non-hydrogen) atoms. The van der Waals surface area contributed by atoms with Crippen LogP contribution in [0.5, 0.6) is 0 Å². The number of nitrogens with one attached hydrogen (secondary N) is 8. The molecule has 2 aliphatic rings. The predicted octanol–water partition coefficient (Wildman–Crippen LogP) is 3.13. The first-order valence-electron chi connectivity index (χ1n) is 37.1. The number of amides is 6. The molecule has 8 rings (SSSR count). The first-order chi connectivity index (χ1) is 52.5. The Morgan fingerprint density at radius 2 is 0.818 bits per heavy atom. The molecule has 2 aromatic carbocycles. The minimum Gasteiger partial charge on any atom is -0.458 e. The molecule has 2 saturated heterocycles. The lowest BCUT2D eigenvalue weighted by Gasteiger charge is -2.28. The van der Waals surface area contributed by atoms with Crippen molar-refractivity contribution in [3.05, 3.63) is 117 Å². The van der Waals surface area contributed by atoms with Gasteiger partial charge >= 0.3 is 23.3 Å². The molecule has 0 saturated carbocycles. The molecule has 4 aromatic heterocycles. The van der Waals surface area contributed by atoms with Crippen molar-refractivity contribution in [1.82, 2.24) is 70.8 Å². The number of aromatic nitrogens is 6. The number of hydrogen-bond donors (Lipinski definition) is 8. The predicted molar refractivity (Wildman–Crippen MR) is 416 cm³/mol. The van der Waals surface area contributed by atoms with Crippen LogP contribution in [0.15, 0.2) is 94.8 Å². The summed E-state index contributed by atoms with van der Waals surface area (Å²) in [6.07, 6.45) is 4.98. The quantitative estimate of drug-likeness (QED) is 0.0201. The fourth-order valence-electron chi connectivity index (χ4n) is 11.9. The SMILES string of the molecule is CC(C)(C)OC(=O)[C@H](Cc1ccc(-n2c(=O)n(CC(=O)NCCOCCOCCC(=O)NCCCOCCOCCCNC(=O)CCOCCOCCNC(=O)Cn3c(=O)n(-c4ccc(C[C@H](NC(=O)[C@H]5NCSC5(C)C)C(=O)OC(C)(C)C)cc4)c4ncccc43)c3cccnc32)cc1)NC(=O)[C@H]1NCSC1(C)C. The number of benzene rings is 2. The summed E-state index contributed by atoms with van der Waals surface area (Å²) < 4.78 is 49.7. The number of pyridine rings is 2. The fraction of sp³-hybridized carbons (Fsp3) is 0.579. The van der Waals surface area contributed by atoms with Gasteiger partial charge in [0.1, 0.15) is 48.5 Å². The third kappa shape index (κ3) is 27.1. The van der Waals surface area contributed by atoms with E-state index < -0.39 is 70.5 Å². The molecule has 2 fully saturated rings. The number of fused-ring (bicyclic) bond motifs is 2. The summed E-state index contributed by atoms with van der Waals surface area (Å²) >= 11 is 3.25. The van der Waals surface area contributed by atoms with Crippen molar-refractivity contribution in [1.29, 1.82) is 0 Å². The van der Waals surface area contributed by atoms with Gasteiger partial charge in [-0.2, -0.15) is 0 Å². The lowest BCUT2D eigenvalue weighted by molar-refractivity contribution is -0.159. The molecule has 8 N–H and O–H groups in total. The Morgan fingerprint density at radius 1 is 0.473 bits per heavy atom. The van der Waals surface area contributed by atoms with E-state index in [0.29, 0.717) is 97.8 Å². The van der Waals surface area contributed by atoms with Crippen LogP contribution in [0.1, 0.15) is 106 Å². The average Bonchev–Trinajstić information content (AvgIpc) is 1.62. The van der Waals surface area contributed by atoms with Crippen LogP contribution in [0.25, 0.3) is 33.7 Å². The summed E-state index contributed by atoms with van der Waals surface area (Å²) in [4.78, 5) is 141. The van der Waals surface area contributed by atoms with E-state index >= 15 is 0 Å². The average molecular weight is 1570 g/mol. The molecule has 0 radical (unpaired) electrons. The Morgan fingerprint density at radius 3 is 1.16 bits per heavy atom. The molecule has 32 nitrogen and oxygen atoms in total. The van der Waals surface area contributed by atoms with Crippen molar-refractivity contribution < 1.29 is 76.3 Å². The maximum absolute atomic E-state index is 13.9. The number of rotatable bonds is 45. The van der Waals surface area contributed by atoms with Crippen molar-refractivity contribution in [2.45, 2.75) is 166 Å². The Bertz CT molecular complexity index is 3910. The number of nitrogens with zero attached hydrogens (tertiary/aromatic N) is 6. The Labute approximate surface area is 648 Å². The molecule has 6 heterocycles. The number of hydrogen-bond acceptors (Lipinski definition) is 24.